The predicted molar refractivity (Wildman–Crippen MR) is 154 cm³/mol. The van der Waals surface area contributed by atoms with Crippen LogP contribution in [0.5, 0.6) is 0 Å². The van der Waals surface area contributed by atoms with Gasteiger partial charge in [0.2, 0.25) is 5.91 Å². The van der Waals surface area contributed by atoms with Crippen LogP contribution in [-0.2, 0) is 9.53 Å². The third kappa shape index (κ3) is 6.77. The highest BCUT2D eigenvalue weighted by atomic mass is 35.5. The molecule has 0 radical (unpaired) electrons. The minimum Gasteiger partial charge on any atom is -0.453 e. The molecule has 44 heavy (non-hydrogen) atoms. The van der Waals surface area contributed by atoms with Gasteiger partial charge in [-0.05, 0) is 61.9 Å². The largest absolute Gasteiger partial charge is 0.453 e. The van der Waals surface area contributed by atoms with Crippen LogP contribution >= 0.6 is 11.6 Å². The van der Waals surface area contributed by atoms with Gasteiger partial charge in [0.25, 0.3) is 0 Å². The maximum absolute atomic E-state index is 14.8. The minimum atomic E-state index is -4.57. The average Bonchev–Trinajstić information content (AvgIpc) is 3.38. The van der Waals surface area contributed by atoms with E-state index in [1.54, 1.807) is 11.1 Å². The third-order valence-electron chi connectivity index (χ3n) is 8.20. The molecule has 8 nitrogen and oxygen atoms in total. The van der Waals surface area contributed by atoms with Gasteiger partial charge in [-0.25, -0.2) is 18.6 Å². The number of hydrogen-bond acceptors (Lipinski definition) is 5. The van der Waals surface area contributed by atoms with E-state index in [0.29, 0.717) is 29.9 Å². The first kappa shape index (κ1) is 31.6. The number of alkyl halides is 3. The Hall–Kier alpha value is -3.87. The Morgan fingerprint density at radius 1 is 1.11 bits per heavy atom. The van der Waals surface area contributed by atoms with E-state index < -0.39 is 41.9 Å². The molecule has 0 aliphatic carbocycles. The van der Waals surface area contributed by atoms with Gasteiger partial charge in [0.05, 0.1) is 23.9 Å². The zero-order chi connectivity index (χ0) is 31.6. The second-order valence-corrected chi connectivity index (χ2v) is 11.4. The summed E-state index contributed by atoms with van der Waals surface area (Å²) in [7, 11) is 1.17. The summed E-state index contributed by atoms with van der Waals surface area (Å²) in [4.78, 5) is 34.6. The zero-order valence-electron chi connectivity index (χ0n) is 23.7. The number of likely N-dealkylation sites (tertiary alicyclic amines) is 1. The highest BCUT2D eigenvalue weighted by Crippen LogP contribution is 2.40. The van der Waals surface area contributed by atoms with Crippen LogP contribution in [0.3, 0.4) is 0 Å². The van der Waals surface area contributed by atoms with E-state index in [1.807, 2.05) is 0 Å². The van der Waals surface area contributed by atoms with Crippen molar-refractivity contribution in [3.8, 4) is 11.3 Å². The van der Waals surface area contributed by atoms with Gasteiger partial charge in [-0.1, -0.05) is 24.4 Å². The molecular formula is C30H31ClF5N5O3. The van der Waals surface area contributed by atoms with Crippen LogP contribution < -0.4 is 10.6 Å². The number of amides is 2. The normalized spacial score (nSPS) is 21.3. The predicted octanol–water partition coefficient (Wildman–Crippen LogP) is 7.94. The Kier molecular flexibility index (Phi) is 9.33. The standard InChI is InChI=1S/C30H31ClF5N5O3/c1-44-29(43)38-17-7-8-18-21(14-17)39-24(30(34,35)36)5-3-2-4-23(28-37-15-22(18)40-28)41-13-12-16(6-11-25(41)42)26-20(32)10-9-19(31)27(26)33/h7-10,14-16,23-24,39H,2-6,11-13H2,1H3,(H,37,40)(H,38,43)/t16?,23-,24-/m0/s1. The summed E-state index contributed by atoms with van der Waals surface area (Å²) in [5.41, 5.74) is 0.875. The molecule has 2 amide bonds. The summed E-state index contributed by atoms with van der Waals surface area (Å²) in [6.45, 7) is 0.168. The van der Waals surface area contributed by atoms with Crippen LogP contribution in [-0.4, -0.2) is 52.7 Å². The third-order valence-corrected chi connectivity index (χ3v) is 8.49. The minimum absolute atomic E-state index is 0.0268. The fourth-order valence-electron chi connectivity index (χ4n) is 5.95. The Labute approximate surface area is 255 Å². The van der Waals surface area contributed by atoms with E-state index in [2.05, 4.69) is 20.4 Å². The van der Waals surface area contributed by atoms with Gasteiger partial charge in [0.15, 0.2) is 0 Å². The molecule has 1 aromatic heterocycles. The maximum Gasteiger partial charge on any atom is 0.411 e. The summed E-state index contributed by atoms with van der Waals surface area (Å²) in [6, 6.07) is 4.23. The number of methoxy groups -OCH3 is 1. The first-order valence-corrected chi connectivity index (χ1v) is 14.6. The van der Waals surface area contributed by atoms with Crippen LogP contribution in [0.1, 0.15) is 68.3 Å². The highest BCUT2D eigenvalue weighted by molar-refractivity contribution is 6.30. The summed E-state index contributed by atoms with van der Waals surface area (Å²) in [6.07, 6.45) is -2.62. The number of nitrogens with zero attached hydrogens (tertiary/aromatic N) is 2. The van der Waals surface area contributed by atoms with Crippen molar-refractivity contribution in [2.24, 2.45) is 0 Å². The topological polar surface area (TPSA) is 99.3 Å². The lowest BCUT2D eigenvalue weighted by Gasteiger charge is -2.30. The Balaban J connectivity index is 1.48. The summed E-state index contributed by atoms with van der Waals surface area (Å²) >= 11 is 5.92. The van der Waals surface area contributed by atoms with Crippen molar-refractivity contribution in [3.05, 3.63) is 64.6 Å². The summed E-state index contributed by atoms with van der Waals surface area (Å²) in [5, 5.41) is 4.86. The fourth-order valence-corrected chi connectivity index (χ4v) is 6.12. The van der Waals surface area contributed by atoms with Gasteiger partial charge < -0.3 is 19.9 Å². The number of aromatic nitrogens is 2. The molecule has 1 saturated heterocycles. The molecule has 0 spiro atoms. The molecule has 5 rings (SSSR count). The number of fused-ring (bicyclic) bond motifs is 4. The molecule has 2 aliphatic heterocycles. The number of halogens is 6. The van der Waals surface area contributed by atoms with Gasteiger partial charge in [-0.15, -0.1) is 0 Å². The SMILES string of the molecule is COC(=O)Nc1ccc2c(c1)N[C@H](C(F)(F)F)CCCC[C@H](N1CCC(c3c(F)ccc(Cl)c3F)CCC1=O)c1nc-2c[nH]1. The lowest BCUT2D eigenvalue weighted by atomic mass is 9.91. The number of nitrogens with one attached hydrogen (secondary N) is 3. The molecule has 14 heteroatoms. The molecule has 2 aromatic carbocycles. The second-order valence-electron chi connectivity index (χ2n) is 11.0. The Bertz CT molecular complexity index is 1530. The van der Waals surface area contributed by atoms with E-state index in [4.69, 9.17) is 16.6 Å². The Morgan fingerprint density at radius 3 is 2.64 bits per heavy atom. The van der Waals surface area contributed by atoms with E-state index in [1.165, 1.54) is 25.3 Å². The number of carbonyl (C=O) groups is 2. The zero-order valence-corrected chi connectivity index (χ0v) is 24.5. The van der Waals surface area contributed by atoms with E-state index in [-0.39, 0.29) is 66.5 Å². The smallest absolute Gasteiger partial charge is 0.411 e. The molecule has 236 valence electrons. The van der Waals surface area contributed by atoms with Gasteiger partial charge in [0.1, 0.15) is 23.5 Å². The van der Waals surface area contributed by atoms with Crippen molar-refractivity contribution in [1.29, 1.82) is 0 Å². The summed E-state index contributed by atoms with van der Waals surface area (Å²) < 4.78 is 76.5. The van der Waals surface area contributed by atoms with Crippen molar-refractivity contribution in [2.75, 3.05) is 24.3 Å². The molecular weight excluding hydrogens is 609 g/mol. The molecule has 3 heterocycles. The van der Waals surface area contributed by atoms with Crippen LogP contribution in [0, 0.1) is 11.6 Å². The molecule has 1 unspecified atom stereocenters. The van der Waals surface area contributed by atoms with Gasteiger partial charge in [0, 0.05) is 41.7 Å². The van der Waals surface area contributed by atoms with E-state index in [0.717, 1.165) is 12.1 Å². The number of anilines is 2. The van der Waals surface area contributed by atoms with Crippen LogP contribution in [0.15, 0.2) is 36.5 Å². The first-order valence-electron chi connectivity index (χ1n) is 14.3. The van der Waals surface area contributed by atoms with Crippen molar-refractivity contribution >= 4 is 35.0 Å². The Morgan fingerprint density at radius 2 is 1.89 bits per heavy atom. The van der Waals surface area contributed by atoms with Crippen LogP contribution in [0.25, 0.3) is 11.3 Å². The van der Waals surface area contributed by atoms with Gasteiger partial charge >= 0.3 is 12.3 Å². The molecule has 3 atom stereocenters. The number of imidazole rings is 1. The quantitative estimate of drug-likeness (QED) is 0.200. The first-order chi connectivity index (χ1) is 21.0. The maximum atomic E-state index is 14.8. The monoisotopic (exact) mass is 639 g/mol. The van der Waals surface area contributed by atoms with E-state index in [9.17, 15) is 31.5 Å². The molecule has 2 bridgehead atoms. The van der Waals surface area contributed by atoms with Crippen LogP contribution in [0.2, 0.25) is 5.02 Å². The number of hydrogen-bond donors (Lipinski definition) is 3. The molecule has 3 N–H and O–H groups in total. The molecule has 0 saturated carbocycles. The van der Waals surface area contributed by atoms with Crippen molar-refractivity contribution in [3.63, 3.8) is 0 Å². The van der Waals surface area contributed by atoms with Crippen LogP contribution in [0.4, 0.5) is 38.1 Å². The summed E-state index contributed by atoms with van der Waals surface area (Å²) in [5.74, 6) is -1.94. The van der Waals surface area contributed by atoms with Crippen molar-refractivity contribution in [1.82, 2.24) is 14.9 Å². The molecule has 1 fully saturated rings. The number of benzene rings is 2. The fraction of sp³-hybridized carbons (Fsp3) is 0.433. The number of ether oxygens (including phenoxy) is 1. The highest BCUT2D eigenvalue weighted by Gasteiger charge is 2.40. The number of carbonyl (C=O) groups excluding carboxylic acids is 2. The second kappa shape index (κ2) is 13.0. The molecule has 3 aromatic rings. The van der Waals surface area contributed by atoms with Crippen molar-refractivity contribution in [2.45, 2.75) is 69.1 Å². The lowest BCUT2D eigenvalue weighted by Crippen LogP contribution is -2.37. The van der Waals surface area contributed by atoms with E-state index >= 15 is 0 Å². The number of rotatable bonds is 3. The average molecular weight is 640 g/mol. The molecule has 2 aliphatic rings. The van der Waals surface area contributed by atoms with Gasteiger partial charge in [-0.3, -0.25) is 10.1 Å². The lowest BCUT2D eigenvalue weighted by molar-refractivity contribution is -0.144. The number of H-pyrrole nitrogens is 1. The van der Waals surface area contributed by atoms with Crippen molar-refractivity contribution < 1.29 is 36.3 Å². The van der Waals surface area contributed by atoms with Gasteiger partial charge in [-0.2, -0.15) is 13.2 Å². The number of aromatic amines is 1.